The van der Waals surface area contributed by atoms with Crippen molar-refractivity contribution in [3.05, 3.63) is 52.6 Å². The third-order valence-electron chi connectivity index (χ3n) is 4.38. The van der Waals surface area contributed by atoms with Gasteiger partial charge in [-0.15, -0.1) is 0 Å². The first-order chi connectivity index (χ1) is 14.1. The zero-order valence-corrected chi connectivity index (χ0v) is 16.8. The lowest BCUT2D eigenvalue weighted by atomic mass is 10.1. The number of nitrogens with zero attached hydrogens (tertiary/aromatic N) is 1. The van der Waals surface area contributed by atoms with E-state index in [0.29, 0.717) is 16.9 Å². The number of H-pyrrole nitrogens is 1. The summed E-state index contributed by atoms with van der Waals surface area (Å²) < 4.78 is 22.9. The summed E-state index contributed by atoms with van der Waals surface area (Å²) in [6, 6.07) is 5.03. The SMILES string of the molecule is COC(=O)c1c(C)[nH]c(C(=O)OCC(=O)N(CCC(N)=O)c2ccc(F)cc2)c1C. The van der Waals surface area contributed by atoms with Gasteiger partial charge in [0, 0.05) is 24.3 Å². The van der Waals surface area contributed by atoms with Crippen molar-refractivity contribution in [2.75, 3.05) is 25.2 Å². The molecule has 0 saturated carbocycles. The number of nitrogens with two attached hydrogens (primary N) is 1. The molecule has 2 rings (SSSR count). The van der Waals surface area contributed by atoms with Crippen LogP contribution in [0.25, 0.3) is 0 Å². The lowest BCUT2D eigenvalue weighted by molar-refractivity contribution is -0.121. The highest BCUT2D eigenvalue weighted by Gasteiger charge is 2.25. The van der Waals surface area contributed by atoms with Crippen molar-refractivity contribution in [1.29, 1.82) is 0 Å². The van der Waals surface area contributed by atoms with Crippen LogP contribution < -0.4 is 10.6 Å². The number of hydrogen-bond donors (Lipinski definition) is 2. The van der Waals surface area contributed by atoms with Crippen molar-refractivity contribution in [3.8, 4) is 0 Å². The molecule has 10 heteroatoms. The van der Waals surface area contributed by atoms with Gasteiger partial charge in [0.25, 0.3) is 5.91 Å². The molecule has 0 aliphatic rings. The van der Waals surface area contributed by atoms with Crippen molar-refractivity contribution in [2.45, 2.75) is 20.3 Å². The smallest absolute Gasteiger partial charge is 0.355 e. The Morgan fingerprint density at radius 1 is 1.10 bits per heavy atom. The number of halogens is 1. The van der Waals surface area contributed by atoms with E-state index in [0.717, 1.165) is 12.1 Å². The first-order valence-electron chi connectivity index (χ1n) is 8.94. The monoisotopic (exact) mass is 419 g/mol. The number of anilines is 1. The molecule has 2 amide bonds. The van der Waals surface area contributed by atoms with E-state index >= 15 is 0 Å². The van der Waals surface area contributed by atoms with Gasteiger partial charge in [0.05, 0.1) is 12.7 Å². The number of primary amides is 1. The molecule has 0 aliphatic heterocycles. The molecule has 9 nitrogen and oxygen atoms in total. The molecule has 0 spiro atoms. The summed E-state index contributed by atoms with van der Waals surface area (Å²) in [4.78, 5) is 51.9. The van der Waals surface area contributed by atoms with Crippen molar-refractivity contribution in [2.24, 2.45) is 5.73 Å². The van der Waals surface area contributed by atoms with Crippen LogP contribution >= 0.6 is 0 Å². The Labute approximate surface area is 171 Å². The molecule has 0 radical (unpaired) electrons. The van der Waals surface area contributed by atoms with E-state index in [9.17, 15) is 23.6 Å². The number of rotatable bonds is 8. The van der Waals surface area contributed by atoms with Gasteiger partial charge in [-0.1, -0.05) is 0 Å². The van der Waals surface area contributed by atoms with Crippen LogP contribution in [0.1, 0.15) is 38.5 Å². The minimum Gasteiger partial charge on any atom is -0.465 e. The molecule has 1 aromatic carbocycles. The second-order valence-electron chi connectivity index (χ2n) is 6.43. The summed E-state index contributed by atoms with van der Waals surface area (Å²) in [7, 11) is 1.22. The fraction of sp³-hybridized carbons (Fsp3) is 0.300. The Bertz CT molecular complexity index is 968. The molecule has 0 unspecified atom stereocenters. The van der Waals surface area contributed by atoms with Crippen LogP contribution in [0.3, 0.4) is 0 Å². The molecule has 0 fully saturated rings. The number of aryl methyl sites for hydroxylation is 1. The Kier molecular flexibility index (Phi) is 7.29. The molecule has 3 N–H and O–H groups in total. The number of benzene rings is 1. The van der Waals surface area contributed by atoms with E-state index in [1.54, 1.807) is 13.8 Å². The summed E-state index contributed by atoms with van der Waals surface area (Å²) in [6.45, 7) is 2.44. The van der Waals surface area contributed by atoms with Crippen molar-refractivity contribution in [3.63, 3.8) is 0 Å². The van der Waals surface area contributed by atoms with Crippen LogP contribution in [0.2, 0.25) is 0 Å². The van der Waals surface area contributed by atoms with Crippen LogP contribution in [-0.2, 0) is 19.1 Å². The summed E-state index contributed by atoms with van der Waals surface area (Å²) in [6.07, 6.45) is -0.130. The second kappa shape index (κ2) is 9.68. The molecule has 160 valence electrons. The molecule has 2 aromatic rings. The number of methoxy groups -OCH3 is 1. The number of esters is 2. The zero-order chi connectivity index (χ0) is 22.4. The Morgan fingerprint density at radius 2 is 1.73 bits per heavy atom. The summed E-state index contributed by atoms with van der Waals surface area (Å²) in [5.74, 6) is -3.20. The normalized spacial score (nSPS) is 10.4. The van der Waals surface area contributed by atoms with Gasteiger partial charge in [-0.25, -0.2) is 14.0 Å². The largest absolute Gasteiger partial charge is 0.465 e. The van der Waals surface area contributed by atoms with Crippen LogP contribution in [-0.4, -0.2) is 49.0 Å². The standard InChI is InChI=1S/C20H22FN3O6/c1-11-17(19(27)29-3)12(2)23-18(11)20(28)30-10-16(26)24(9-8-15(22)25)14-6-4-13(21)5-7-14/h4-7,23H,8-10H2,1-3H3,(H2,22,25). The van der Waals surface area contributed by atoms with Gasteiger partial charge in [0.1, 0.15) is 11.5 Å². The van der Waals surface area contributed by atoms with E-state index in [-0.39, 0.29) is 24.2 Å². The molecular weight excluding hydrogens is 397 g/mol. The lowest BCUT2D eigenvalue weighted by Crippen LogP contribution is -2.37. The van der Waals surface area contributed by atoms with Gasteiger partial charge in [0.2, 0.25) is 5.91 Å². The topological polar surface area (TPSA) is 132 Å². The number of aromatic amines is 1. The average molecular weight is 419 g/mol. The predicted molar refractivity (Wildman–Crippen MR) is 104 cm³/mol. The second-order valence-corrected chi connectivity index (χ2v) is 6.43. The molecule has 0 bridgehead atoms. The first kappa shape index (κ1) is 22.6. The van der Waals surface area contributed by atoms with Gasteiger partial charge in [-0.05, 0) is 43.7 Å². The first-order valence-corrected chi connectivity index (χ1v) is 8.94. The number of nitrogens with one attached hydrogen (secondary N) is 1. The Morgan fingerprint density at radius 3 is 2.30 bits per heavy atom. The molecule has 30 heavy (non-hydrogen) atoms. The number of ether oxygens (including phenoxy) is 2. The van der Waals surface area contributed by atoms with E-state index in [4.69, 9.17) is 10.5 Å². The van der Waals surface area contributed by atoms with E-state index in [2.05, 4.69) is 9.72 Å². The highest BCUT2D eigenvalue weighted by Crippen LogP contribution is 2.20. The molecule has 1 heterocycles. The molecular formula is C20H22FN3O6. The molecule has 0 saturated heterocycles. The number of aromatic nitrogens is 1. The van der Waals surface area contributed by atoms with E-state index in [1.165, 1.54) is 24.1 Å². The van der Waals surface area contributed by atoms with Gasteiger partial charge >= 0.3 is 11.9 Å². The number of carbonyl (C=O) groups is 4. The van der Waals surface area contributed by atoms with Gasteiger partial charge in [-0.3, -0.25) is 9.59 Å². The quantitative estimate of drug-likeness (QED) is 0.625. The maximum Gasteiger partial charge on any atom is 0.355 e. The highest BCUT2D eigenvalue weighted by atomic mass is 19.1. The molecule has 0 atom stereocenters. The third-order valence-corrected chi connectivity index (χ3v) is 4.38. The summed E-state index contributed by atoms with van der Waals surface area (Å²) in [5, 5.41) is 0. The molecule has 0 aliphatic carbocycles. The summed E-state index contributed by atoms with van der Waals surface area (Å²) in [5.41, 5.74) is 6.45. The minimum absolute atomic E-state index is 0.0196. The van der Waals surface area contributed by atoms with Crippen molar-refractivity contribution >= 4 is 29.4 Å². The fourth-order valence-corrected chi connectivity index (χ4v) is 2.88. The molecule has 1 aromatic heterocycles. The third kappa shape index (κ3) is 5.22. The van der Waals surface area contributed by atoms with Gasteiger partial charge in [0.15, 0.2) is 6.61 Å². The lowest BCUT2D eigenvalue weighted by Gasteiger charge is -2.22. The van der Waals surface area contributed by atoms with Crippen LogP contribution in [0, 0.1) is 19.7 Å². The maximum absolute atomic E-state index is 13.2. The summed E-state index contributed by atoms with van der Waals surface area (Å²) >= 11 is 0. The fourth-order valence-electron chi connectivity index (χ4n) is 2.88. The maximum atomic E-state index is 13.2. The van der Waals surface area contributed by atoms with Gasteiger partial charge < -0.3 is 25.1 Å². The number of amides is 2. The van der Waals surface area contributed by atoms with Crippen LogP contribution in [0.5, 0.6) is 0 Å². The Hall–Kier alpha value is -3.69. The van der Waals surface area contributed by atoms with Crippen molar-refractivity contribution < 1.29 is 33.0 Å². The van der Waals surface area contributed by atoms with Crippen molar-refractivity contribution in [1.82, 2.24) is 4.98 Å². The average Bonchev–Trinajstić information content (AvgIpc) is 3.01. The van der Waals surface area contributed by atoms with E-state index < -0.39 is 36.2 Å². The Balaban J connectivity index is 2.14. The zero-order valence-electron chi connectivity index (χ0n) is 16.8. The number of carbonyl (C=O) groups excluding carboxylic acids is 4. The number of hydrogen-bond acceptors (Lipinski definition) is 6. The van der Waals surface area contributed by atoms with Crippen LogP contribution in [0.4, 0.5) is 10.1 Å². The minimum atomic E-state index is -0.840. The highest BCUT2D eigenvalue weighted by molar-refractivity contribution is 6.00. The predicted octanol–water partition coefficient (Wildman–Crippen LogP) is 1.62. The van der Waals surface area contributed by atoms with Gasteiger partial charge in [-0.2, -0.15) is 0 Å². The van der Waals surface area contributed by atoms with E-state index in [1.807, 2.05) is 0 Å². The van der Waals surface area contributed by atoms with Crippen LogP contribution in [0.15, 0.2) is 24.3 Å².